The Labute approximate surface area is 123 Å². The van der Waals surface area contributed by atoms with Gasteiger partial charge < -0.3 is 5.73 Å². The largest absolute Gasteiger partial charge is 0.398 e. The fourth-order valence-corrected chi connectivity index (χ4v) is 4.76. The quantitative estimate of drug-likeness (QED) is 0.837. The van der Waals surface area contributed by atoms with Crippen LogP contribution < -0.4 is 5.73 Å². The molecule has 106 valence electrons. The highest BCUT2D eigenvalue weighted by Gasteiger charge is 2.34. The highest BCUT2D eigenvalue weighted by atomic mass is 79.9. The van der Waals surface area contributed by atoms with Gasteiger partial charge in [0.25, 0.3) is 0 Å². The van der Waals surface area contributed by atoms with E-state index in [1.165, 1.54) is 0 Å². The Morgan fingerprint density at radius 1 is 1.37 bits per heavy atom. The lowest BCUT2D eigenvalue weighted by Crippen LogP contribution is -2.45. The Hall–Kier alpha value is -0.590. The van der Waals surface area contributed by atoms with Crippen molar-refractivity contribution in [1.29, 1.82) is 0 Å². The molecule has 1 saturated heterocycles. The van der Waals surface area contributed by atoms with Gasteiger partial charge in [-0.15, -0.1) is 0 Å². The number of nitrogens with zero attached hydrogens (tertiary/aromatic N) is 1. The highest BCUT2D eigenvalue weighted by Crippen LogP contribution is 2.31. The van der Waals surface area contributed by atoms with Crippen LogP contribution in [0.15, 0.2) is 27.6 Å². The molecular weight excluding hydrogens is 328 g/mol. The first-order valence-electron chi connectivity index (χ1n) is 6.41. The van der Waals surface area contributed by atoms with Gasteiger partial charge in [-0.05, 0) is 59.8 Å². The first-order valence-corrected chi connectivity index (χ1v) is 8.64. The molecule has 0 saturated carbocycles. The number of sulfonamides is 1. The number of nitrogen functional groups attached to an aromatic ring is 1. The SMILES string of the molecule is CC1CCCN(S(=O)(=O)c2ccc(N)c(Br)c2)C1C. The molecular formula is C13H19BrN2O2S. The van der Waals surface area contributed by atoms with Crippen LogP contribution in [0.25, 0.3) is 0 Å². The molecule has 6 heteroatoms. The molecule has 4 nitrogen and oxygen atoms in total. The van der Waals surface area contributed by atoms with Crippen LogP contribution in [0, 0.1) is 5.92 Å². The van der Waals surface area contributed by atoms with Crippen LogP contribution >= 0.6 is 15.9 Å². The molecule has 0 aliphatic carbocycles. The van der Waals surface area contributed by atoms with E-state index in [9.17, 15) is 8.42 Å². The lowest BCUT2D eigenvalue weighted by atomic mass is 9.94. The number of anilines is 1. The second-order valence-electron chi connectivity index (χ2n) is 5.16. The van der Waals surface area contributed by atoms with Gasteiger partial charge in [-0.25, -0.2) is 8.42 Å². The summed E-state index contributed by atoms with van der Waals surface area (Å²) in [6, 6.07) is 4.81. The minimum atomic E-state index is -3.44. The monoisotopic (exact) mass is 346 g/mol. The predicted octanol–water partition coefficient (Wildman–Crippen LogP) is 2.84. The molecule has 0 spiro atoms. The van der Waals surface area contributed by atoms with E-state index in [1.807, 2.05) is 6.92 Å². The van der Waals surface area contributed by atoms with E-state index in [4.69, 9.17) is 5.73 Å². The molecule has 1 aliphatic rings. The number of benzene rings is 1. The molecule has 0 aromatic heterocycles. The number of hydrogen-bond donors (Lipinski definition) is 1. The fraction of sp³-hybridized carbons (Fsp3) is 0.538. The van der Waals surface area contributed by atoms with E-state index in [1.54, 1.807) is 22.5 Å². The van der Waals surface area contributed by atoms with Gasteiger partial charge in [0.1, 0.15) is 0 Å². The Bertz CT molecular complexity index is 574. The zero-order valence-corrected chi connectivity index (χ0v) is 13.5. The molecule has 1 aromatic rings. The zero-order chi connectivity index (χ0) is 14.2. The van der Waals surface area contributed by atoms with E-state index in [0.717, 1.165) is 12.8 Å². The normalized spacial score (nSPS) is 25.4. The molecule has 1 fully saturated rings. The predicted molar refractivity (Wildman–Crippen MR) is 80.3 cm³/mol. The van der Waals surface area contributed by atoms with Crippen LogP contribution in [0.1, 0.15) is 26.7 Å². The third-order valence-electron chi connectivity index (χ3n) is 3.89. The van der Waals surface area contributed by atoms with Gasteiger partial charge in [-0.3, -0.25) is 0 Å². The van der Waals surface area contributed by atoms with Gasteiger partial charge in [0.2, 0.25) is 10.0 Å². The summed E-state index contributed by atoms with van der Waals surface area (Å²) in [5, 5.41) is 0. The molecule has 2 unspecified atom stereocenters. The van der Waals surface area contributed by atoms with Gasteiger partial charge in [0.15, 0.2) is 0 Å². The summed E-state index contributed by atoms with van der Waals surface area (Å²) in [5.41, 5.74) is 6.25. The van der Waals surface area contributed by atoms with E-state index < -0.39 is 10.0 Å². The number of hydrogen-bond acceptors (Lipinski definition) is 3. The van der Waals surface area contributed by atoms with Crippen molar-refractivity contribution in [3.8, 4) is 0 Å². The topological polar surface area (TPSA) is 63.4 Å². The molecule has 0 bridgehead atoms. The van der Waals surface area contributed by atoms with E-state index >= 15 is 0 Å². The number of halogens is 1. The number of piperidine rings is 1. The van der Waals surface area contributed by atoms with Crippen molar-refractivity contribution in [3.63, 3.8) is 0 Å². The molecule has 0 amide bonds. The Morgan fingerprint density at radius 3 is 2.68 bits per heavy atom. The summed E-state index contributed by atoms with van der Waals surface area (Å²) >= 11 is 3.28. The second kappa shape index (κ2) is 5.42. The highest BCUT2D eigenvalue weighted by molar-refractivity contribution is 9.10. The maximum atomic E-state index is 12.7. The van der Waals surface area contributed by atoms with Crippen LogP contribution in [0.2, 0.25) is 0 Å². The average molecular weight is 347 g/mol. The van der Waals surface area contributed by atoms with Gasteiger partial charge in [0.05, 0.1) is 4.90 Å². The van der Waals surface area contributed by atoms with E-state index in [2.05, 4.69) is 22.9 Å². The van der Waals surface area contributed by atoms with Crippen LogP contribution in [-0.4, -0.2) is 25.3 Å². The molecule has 1 aliphatic heterocycles. The first-order chi connectivity index (χ1) is 8.84. The zero-order valence-electron chi connectivity index (χ0n) is 11.1. The minimum Gasteiger partial charge on any atom is -0.398 e. The molecule has 2 atom stereocenters. The van der Waals surface area contributed by atoms with E-state index in [-0.39, 0.29) is 6.04 Å². The average Bonchev–Trinajstić information content (AvgIpc) is 2.35. The molecule has 2 rings (SSSR count). The van der Waals surface area contributed by atoms with Crippen molar-refractivity contribution < 1.29 is 8.42 Å². The summed E-state index contributed by atoms with van der Waals surface area (Å²) in [5.74, 6) is 0.390. The first kappa shape index (κ1) is 14.8. The Kier molecular flexibility index (Phi) is 4.23. The van der Waals surface area contributed by atoms with Gasteiger partial charge in [-0.2, -0.15) is 4.31 Å². The Morgan fingerprint density at radius 2 is 2.05 bits per heavy atom. The van der Waals surface area contributed by atoms with Crippen LogP contribution in [-0.2, 0) is 10.0 Å². The number of rotatable bonds is 2. The summed E-state index contributed by atoms with van der Waals surface area (Å²) in [7, 11) is -3.44. The van der Waals surface area contributed by atoms with Crippen molar-refractivity contribution >= 4 is 31.6 Å². The van der Waals surface area contributed by atoms with Crippen molar-refractivity contribution in [3.05, 3.63) is 22.7 Å². The van der Waals surface area contributed by atoms with Gasteiger partial charge >= 0.3 is 0 Å². The van der Waals surface area contributed by atoms with E-state index in [0.29, 0.717) is 27.5 Å². The minimum absolute atomic E-state index is 0.0371. The molecule has 1 aromatic carbocycles. The smallest absolute Gasteiger partial charge is 0.243 e. The van der Waals surface area contributed by atoms with Crippen molar-refractivity contribution in [1.82, 2.24) is 4.31 Å². The maximum absolute atomic E-state index is 12.7. The standard InChI is InChI=1S/C13H19BrN2O2S/c1-9-4-3-7-16(10(9)2)19(17,18)11-5-6-13(15)12(14)8-11/h5-6,8-10H,3-4,7,15H2,1-2H3. The molecule has 1 heterocycles. The van der Waals surface area contributed by atoms with Crippen LogP contribution in [0.5, 0.6) is 0 Å². The number of nitrogens with two attached hydrogens (primary N) is 1. The van der Waals surface area contributed by atoms with Crippen molar-refractivity contribution in [2.24, 2.45) is 5.92 Å². The van der Waals surface area contributed by atoms with Crippen molar-refractivity contribution in [2.75, 3.05) is 12.3 Å². The molecule has 0 radical (unpaired) electrons. The lowest BCUT2D eigenvalue weighted by Gasteiger charge is -2.36. The third-order valence-corrected chi connectivity index (χ3v) is 6.56. The fourth-order valence-electron chi connectivity index (χ4n) is 2.44. The summed E-state index contributed by atoms with van der Waals surface area (Å²) < 4.78 is 27.6. The summed E-state index contributed by atoms with van der Waals surface area (Å²) in [6.07, 6.45) is 2.00. The van der Waals surface area contributed by atoms with Gasteiger partial charge in [0, 0.05) is 22.7 Å². The van der Waals surface area contributed by atoms with Crippen LogP contribution in [0.4, 0.5) is 5.69 Å². The van der Waals surface area contributed by atoms with Gasteiger partial charge in [-0.1, -0.05) is 6.92 Å². The lowest BCUT2D eigenvalue weighted by molar-refractivity contribution is 0.202. The molecule has 19 heavy (non-hydrogen) atoms. The maximum Gasteiger partial charge on any atom is 0.243 e. The Balaban J connectivity index is 2.38. The third kappa shape index (κ3) is 2.80. The summed E-state index contributed by atoms with van der Waals surface area (Å²) in [6.45, 7) is 4.68. The van der Waals surface area contributed by atoms with Crippen molar-refractivity contribution in [2.45, 2.75) is 37.6 Å². The van der Waals surface area contributed by atoms with Crippen LogP contribution in [0.3, 0.4) is 0 Å². The molecule has 2 N–H and O–H groups in total. The second-order valence-corrected chi connectivity index (χ2v) is 7.90. The summed E-state index contributed by atoms with van der Waals surface area (Å²) in [4.78, 5) is 0.300.